The van der Waals surface area contributed by atoms with Crippen LogP contribution in [0.5, 0.6) is 17.2 Å². The van der Waals surface area contributed by atoms with E-state index < -0.39 is 0 Å². The monoisotopic (exact) mass is 436 g/mol. The second-order valence-corrected chi connectivity index (χ2v) is 6.81. The summed E-state index contributed by atoms with van der Waals surface area (Å²) < 4.78 is 16.6. The van der Waals surface area contributed by atoms with E-state index in [1.165, 1.54) is 0 Å². The van der Waals surface area contributed by atoms with E-state index in [0.717, 1.165) is 17.2 Å². The maximum Gasteiger partial charge on any atom is 0.257 e. The summed E-state index contributed by atoms with van der Waals surface area (Å²) in [6, 6.07) is 23.7. The van der Waals surface area contributed by atoms with Crippen LogP contribution >= 0.6 is 12.2 Å². The average Bonchev–Trinajstić information content (AvgIpc) is 2.79. The number of hydrogen-bond acceptors (Lipinski definition) is 5. The molecule has 0 spiro atoms. The maximum absolute atomic E-state index is 12.4. The van der Waals surface area contributed by atoms with E-state index in [1.807, 2.05) is 61.5 Å². The van der Waals surface area contributed by atoms with Gasteiger partial charge in [0.25, 0.3) is 5.91 Å². The highest BCUT2D eigenvalue weighted by atomic mass is 32.1. The van der Waals surface area contributed by atoms with Crippen molar-refractivity contribution in [1.29, 1.82) is 0 Å². The smallest absolute Gasteiger partial charge is 0.257 e. The number of thiocarbonyl (C=S) groups is 1. The molecule has 0 fully saturated rings. The van der Waals surface area contributed by atoms with Crippen molar-refractivity contribution in [2.75, 3.05) is 25.1 Å². The van der Waals surface area contributed by atoms with Gasteiger partial charge in [0, 0.05) is 11.3 Å². The van der Waals surface area contributed by atoms with E-state index in [0.29, 0.717) is 31.1 Å². The Hall–Kier alpha value is -3.58. The molecular weight excluding hydrogens is 412 g/mol. The van der Waals surface area contributed by atoms with E-state index in [9.17, 15) is 4.79 Å². The van der Waals surface area contributed by atoms with Crippen LogP contribution in [-0.2, 0) is 0 Å². The molecule has 6 nitrogen and oxygen atoms in total. The minimum atomic E-state index is -0.303. The van der Waals surface area contributed by atoms with Crippen molar-refractivity contribution in [3.05, 3.63) is 84.4 Å². The lowest BCUT2D eigenvalue weighted by Gasteiger charge is -2.11. The number of ether oxygens (including phenoxy) is 3. The third-order valence-electron chi connectivity index (χ3n) is 4.13. The summed E-state index contributed by atoms with van der Waals surface area (Å²) >= 11 is 5.22. The molecule has 1 amide bonds. The topological polar surface area (TPSA) is 68.8 Å². The number of para-hydroxylation sites is 1. The second kappa shape index (κ2) is 11.6. The van der Waals surface area contributed by atoms with Crippen molar-refractivity contribution in [2.24, 2.45) is 0 Å². The van der Waals surface area contributed by atoms with Gasteiger partial charge in [-0.2, -0.15) is 0 Å². The Balaban J connectivity index is 1.42. The van der Waals surface area contributed by atoms with Gasteiger partial charge in [-0.15, -0.1) is 0 Å². The predicted octanol–water partition coefficient (Wildman–Crippen LogP) is 4.67. The lowest BCUT2D eigenvalue weighted by molar-refractivity contribution is 0.0977. The van der Waals surface area contributed by atoms with Crippen molar-refractivity contribution >= 4 is 28.9 Å². The van der Waals surface area contributed by atoms with Crippen LogP contribution in [-0.4, -0.2) is 30.8 Å². The summed E-state index contributed by atoms with van der Waals surface area (Å²) in [7, 11) is 0. The zero-order chi connectivity index (χ0) is 21.9. The zero-order valence-electron chi connectivity index (χ0n) is 17.2. The van der Waals surface area contributed by atoms with E-state index in [1.54, 1.807) is 24.3 Å². The first-order valence-corrected chi connectivity index (χ1v) is 10.3. The van der Waals surface area contributed by atoms with Gasteiger partial charge in [-0.05, 0) is 79.8 Å². The Kier molecular flexibility index (Phi) is 8.25. The van der Waals surface area contributed by atoms with Gasteiger partial charge >= 0.3 is 0 Å². The van der Waals surface area contributed by atoms with Gasteiger partial charge < -0.3 is 19.5 Å². The Bertz CT molecular complexity index is 977. The van der Waals surface area contributed by atoms with E-state index in [4.69, 9.17) is 26.4 Å². The SMILES string of the molecule is CCOc1ccc(NC(=S)NC(=O)c2ccc(OCCOc3ccccc3)cc2)cc1. The number of anilines is 1. The molecule has 3 aromatic carbocycles. The number of rotatable bonds is 9. The highest BCUT2D eigenvalue weighted by Gasteiger charge is 2.08. The fraction of sp³-hybridized carbons (Fsp3) is 0.167. The minimum Gasteiger partial charge on any atom is -0.494 e. The molecule has 0 aliphatic rings. The normalized spacial score (nSPS) is 10.1. The molecule has 0 bridgehead atoms. The summed E-state index contributed by atoms with van der Waals surface area (Å²) in [5.41, 5.74) is 1.24. The molecule has 0 aromatic heterocycles. The molecular formula is C24H24N2O4S. The Morgan fingerprint density at radius 1 is 0.774 bits per heavy atom. The highest BCUT2D eigenvalue weighted by Crippen LogP contribution is 2.16. The van der Waals surface area contributed by atoms with Crippen LogP contribution in [0.25, 0.3) is 0 Å². The number of carbonyl (C=O) groups is 1. The van der Waals surface area contributed by atoms with Crippen LogP contribution in [0.3, 0.4) is 0 Å². The molecule has 0 aliphatic heterocycles. The Morgan fingerprint density at radius 3 is 1.94 bits per heavy atom. The molecule has 0 heterocycles. The summed E-state index contributed by atoms with van der Waals surface area (Å²) in [6.45, 7) is 3.36. The van der Waals surface area contributed by atoms with E-state index in [2.05, 4.69) is 10.6 Å². The highest BCUT2D eigenvalue weighted by molar-refractivity contribution is 7.80. The van der Waals surface area contributed by atoms with Crippen LogP contribution in [0, 0.1) is 0 Å². The lowest BCUT2D eigenvalue weighted by atomic mass is 10.2. The van der Waals surface area contributed by atoms with Crippen molar-refractivity contribution < 1.29 is 19.0 Å². The molecule has 2 N–H and O–H groups in total. The van der Waals surface area contributed by atoms with Gasteiger partial charge in [-0.25, -0.2) is 0 Å². The van der Waals surface area contributed by atoms with Crippen molar-refractivity contribution in [3.63, 3.8) is 0 Å². The van der Waals surface area contributed by atoms with Gasteiger partial charge in [0.2, 0.25) is 0 Å². The van der Waals surface area contributed by atoms with Crippen LogP contribution in [0.15, 0.2) is 78.9 Å². The number of hydrogen-bond donors (Lipinski definition) is 2. The lowest BCUT2D eigenvalue weighted by Crippen LogP contribution is -2.34. The maximum atomic E-state index is 12.4. The van der Waals surface area contributed by atoms with Gasteiger partial charge in [0.15, 0.2) is 5.11 Å². The number of benzene rings is 3. The third-order valence-corrected chi connectivity index (χ3v) is 4.33. The first-order valence-electron chi connectivity index (χ1n) is 9.90. The second-order valence-electron chi connectivity index (χ2n) is 6.40. The minimum absolute atomic E-state index is 0.215. The largest absolute Gasteiger partial charge is 0.494 e. The average molecular weight is 437 g/mol. The Morgan fingerprint density at radius 2 is 1.32 bits per heavy atom. The fourth-order valence-electron chi connectivity index (χ4n) is 2.68. The van der Waals surface area contributed by atoms with Crippen LogP contribution in [0.2, 0.25) is 0 Å². The zero-order valence-corrected chi connectivity index (χ0v) is 18.0. The number of carbonyl (C=O) groups excluding carboxylic acids is 1. The first-order chi connectivity index (χ1) is 15.1. The van der Waals surface area contributed by atoms with Crippen LogP contribution < -0.4 is 24.8 Å². The van der Waals surface area contributed by atoms with Gasteiger partial charge in [-0.1, -0.05) is 18.2 Å². The van der Waals surface area contributed by atoms with E-state index >= 15 is 0 Å². The van der Waals surface area contributed by atoms with Gasteiger partial charge in [0.05, 0.1) is 6.61 Å². The van der Waals surface area contributed by atoms with Crippen LogP contribution in [0.1, 0.15) is 17.3 Å². The summed E-state index contributed by atoms with van der Waals surface area (Å²) in [5, 5.41) is 5.86. The summed E-state index contributed by atoms with van der Waals surface area (Å²) in [6.07, 6.45) is 0. The molecule has 0 radical (unpaired) electrons. The summed E-state index contributed by atoms with van der Waals surface area (Å²) in [5.74, 6) is 1.93. The molecule has 0 saturated heterocycles. The first kappa shape index (κ1) is 22.1. The summed E-state index contributed by atoms with van der Waals surface area (Å²) in [4.78, 5) is 12.4. The van der Waals surface area contributed by atoms with Gasteiger partial charge in [-0.3, -0.25) is 10.1 Å². The van der Waals surface area contributed by atoms with Crippen molar-refractivity contribution in [3.8, 4) is 17.2 Å². The molecule has 0 saturated carbocycles. The van der Waals surface area contributed by atoms with Crippen LogP contribution in [0.4, 0.5) is 5.69 Å². The molecule has 160 valence electrons. The molecule has 7 heteroatoms. The predicted molar refractivity (Wildman–Crippen MR) is 125 cm³/mol. The molecule has 3 aromatic rings. The number of nitrogens with one attached hydrogen (secondary N) is 2. The van der Waals surface area contributed by atoms with Crippen molar-refractivity contribution in [2.45, 2.75) is 6.92 Å². The molecule has 0 aliphatic carbocycles. The van der Waals surface area contributed by atoms with E-state index in [-0.39, 0.29) is 11.0 Å². The van der Waals surface area contributed by atoms with Crippen molar-refractivity contribution in [1.82, 2.24) is 5.32 Å². The molecule has 0 atom stereocenters. The molecule has 0 unspecified atom stereocenters. The van der Waals surface area contributed by atoms with Gasteiger partial charge in [0.1, 0.15) is 30.5 Å². The third kappa shape index (κ3) is 7.31. The fourth-order valence-corrected chi connectivity index (χ4v) is 2.89. The Labute approximate surface area is 187 Å². The standard InChI is InChI=1S/C24H24N2O4S/c1-2-28-21-14-10-19(11-15-21)25-24(31)26-23(27)18-8-12-22(13-9-18)30-17-16-29-20-6-4-3-5-7-20/h3-15H,2,16-17H2,1H3,(H2,25,26,27,31). The molecule has 31 heavy (non-hydrogen) atoms. The molecule has 3 rings (SSSR count). The number of amides is 1. The quantitative estimate of drug-likeness (QED) is 0.375.